The van der Waals surface area contributed by atoms with Gasteiger partial charge in [-0.2, -0.15) is 0 Å². The third-order valence-corrected chi connectivity index (χ3v) is 1.82. The highest BCUT2D eigenvalue weighted by atomic mass is 16.5. The van der Waals surface area contributed by atoms with Crippen molar-refractivity contribution in [2.75, 3.05) is 12.4 Å². The zero-order valence-electron chi connectivity index (χ0n) is 8.49. The molecule has 0 aromatic carbocycles. The van der Waals surface area contributed by atoms with Gasteiger partial charge in [0.05, 0.1) is 25.2 Å². The van der Waals surface area contributed by atoms with E-state index < -0.39 is 6.09 Å². The Morgan fingerprint density at radius 1 is 1.56 bits per heavy atom. The van der Waals surface area contributed by atoms with E-state index in [1.807, 2.05) is 6.07 Å². The summed E-state index contributed by atoms with van der Waals surface area (Å²) in [5.41, 5.74) is 0.757. The maximum atomic E-state index is 10.9. The van der Waals surface area contributed by atoms with Crippen molar-refractivity contribution in [2.24, 2.45) is 0 Å². The first-order valence-electron chi connectivity index (χ1n) is 4.47. The smallest absolute Gasteiger partial charge is 0.412 e. The standard InChI is InChI=1S/C9H9N5O2/c1-16-9(15)11-8-6-14(13-12-8)7-3-2-4-10-5-7/h2-6H,1H3,(H,11,15). The van der Waals surface area contributed by atoms with Crippen molar-refractivity contribution in [3.63, 3.8) is 0 Å². The third kappa shape index (κ3) is 2.14. The van der Waals surface area contributed by atoms with Crippen molar-refractivity contribution >= 4 is 11.9 Å². The van der Waals surface area contributed by atoms with Gasteiger partial charge in [-0.1, -0.05) is 5.21 Å². The number of methoxy groups -OCH3 is 1. The molecular formula is C9H9N5O2. The highest BCUT2D eigenvalue weighted by molar-refractivity contribution is 5.82. The summed E-state index contributed by atoms with van der Waals surface area (Å²) in [7, 11) is 1.28. The minimum Gasteiger partial charge on any atom is -0.453 e. The molecule has 0 saturated heterocycles. The van der Waals surface area contributed by atoms with Gasteiger partial charge in [-0.3, -0.25) is 10.3 Å². The summed E-state index contributed by atoms with van der Waals surface area (Å²) in [4.78, 5) is 14.9. The third-order valence-electron chi connectivity index (χ3n) is 1.82. The van der Waals surface area contributed by atoms with Crippen molar-refractivity contribution in [1.82, 2.24) is 20.0 Å². The topological polar surface area (TPSA) is 81.9 Å². The number of carbonyl (C=O) groups is 1. The molecule has 0 bridgehead atoms. The normalized spacial score (nSPS) is 9.81. The highest BCUT2D eigenvalue weighted by Crippen LogP contribution is 2.07. The van der Waals surface area contributed by atoms with Gasteiger partial charge >= 0.3 is 6.09 Å². The second-order valence-electron chi connectivity index (χ2n) is 2.88. The molecule has 0 aliphatic carbocycles. The molecule has 0 spiro atoms. The Kier molecular flexibility index (Phi) is 2.77. The van der Waals surface area contributed by atoms with E-state index in [2.05, 4.69) is 25.3 Å². The van der Waals surface area contributed by atoms with Crippen LogP contribution in [0.25, 0.3) is 5.69 Å². The zero-order chi connectivity index (χ0) is 11.4. The van der Waals surface area contributed by atoms with Crippen molar-refractivity contribution in [1.29, 1.82) is 0 Å². The van der Waals surface area contributed by atoms with Crippen LogP contribution in [-0.4, -0.2) is 33.2 Å². The summed E-state index contributed by atoms with van der Waals surface area (Å²) >= 11 is 0. The molecule has 0 saturated carbocycles. The second-order valence-corrected chi connectivity index (χ2v) is 2.88. The number of pyridine rings is 1. The Morgan fingerprint density at radius 3 is 3.12 bits per heavy atom. The van der Waals surface area contributed by atoms with E-state index in [-0.39, 0.29) is 0 Å². The van der Waals surface area contributed by atoms with Gasteiger partial charge in [0.15, 0.2) is 5.82 Å². The molecule has 0 radical (unpaired) electrons. The van der Waals surface area contributed by atoms with E-state index >= 15 is 0 Å². The first kappa shape index (κ1) is 10.1. The summed E-state index contributed by atoms with van der Waals surface area (Å²) in [6, 6.07) is 3.61. The number of rotatable bonds is 2. The maximum absolute atomic E-state index is 10.9. The molecule has 2 heterocycles. The average Bonchev–Trinajstić information content (AvgIpc) is 2.78. The minimum atomic E-state index is -0.585. The molecule has 2 rings (SSSR count). The summed E-state index contributed by atoms with van der Waals surface area (Å²) in [5, 5.41) is 9.99. The molecule has 7 heteroatoms. The Labute approximate surface area is 91.1 Å². The molecule has 0 aliphatic rings. The van der Waals surface area contributed by atoms with Crippen LogP contribution in [0.4, 0.5) is 10.6 Å². The van der Waals surface area contributed by atoms with Crippen LogP contribution in [0.2, 0.25) is 0 Å². The van der Waals surface area contributed by atoms with Crippen LogP contribution in [-0.2, 0) is 4.74 Å². The van der Waals surface area contributed by atoms with E-state index in [1.165, 1.54) is 11.8 Å². The SMILES string of the molecule is COC(=O)Nc1cn(-c2cccnc2)nn1. The Hall–Kier alpha value is -2.44. The Morgan fingerprint density at radius 2 is 2.44 bits per heavy atom. The summed E-state index contributed by atoms with van der Waals surface area (Å²) in [5.74, 6) is 0.315. The van der Waals surface area contributed by atoms with Gasteiger partial charge in [0.1, 0.15) is 0 Å². The van der Waals surface area contributed by atoms with Crippen LogP contribution in [0.5, 0.6) is 0 Å². The number of aromatic nitrogens is 4. The molecule has 0 aliphatic heterocycles. The molecular weight excluding hydrogens is 210 g/mol. The van der Waals surface area contributed by atoms with E-state index in [0.29, 0.717) is 5.82 Å². The zero-order valence-corrected chi connectivity index (χ0v) is 8.49. The van der Waals surface area contributed by atoms with Gasteiger partial charge in [0, 0.05) is 6.20 Å². The molecule has 0 atom stereocenters. The van der Waals surface area contributed by atoms with Gasteiger partial charge in [-0.25, -0.2) is 9.48 Å². The molecule has 16 heavy (non-hydrogen) atoms. The number of ether oxygens (including phenoxy) is 1. The fourth-order valence-corrected chi connectivity index (χ4v) is 1.09. The molecule has 2 aromatic heterocycles. The molecule has 2 aromatic rings. The van der Waals surface area contributed by atoms with Gasteiger partial charge in [0.25, 0.3) is 0 Å². The highest BCUT2D eigenvalue weighted by Gasteiger charge is 2.05. The molecule has 7 nitrogen and oxygen atoms in total. The summed E-state index contributed by atoms with van der Waals surface area (Å²) in [6.07, 6.45) is 4.27. The van der Waals surface area contributed by atoms with Crippen LogP contribution < -0.4 is 5.32 Å². The van der Waals surface area contributed by atoms with E-state index in [4.69, 9.17) is 0 Å². The van der Waals surface area contributed by atoms with E-state index in [9.17, 15) is 4.79 Å². The number of nitrogens with one attached hydrogen (secondary N) is 1. The molecule has 1 N–H and O–H groups in total. The average molecular weight is 219 g/mol. The van der Waals surface area contributed by atoms with Crippen molar-refractivity contribution in [3.05, 3.63) is 30.7 Å². The van der Waals surface area contributed by atoms with Gasteiger partial charge in [-0.15, -0.1) is 5.10 Å². The maximum Gasteiger partial charge on any atom is 0.412 e. The fraction of sp³-hybridized carbons (Fsp3) is 0.111. The monoisotopic (exact) mass is 219 g/mol. The lowest BCUT2D eigenvalue weighted by atomic mass is 10.4. The van der Waals surface area contributed by atoms with E-state index in [0.717, 1.165) is 5.69 Å². The lowest BCUT2D eigenvalue weighted by Crippen LogP contribution is -2.11. The number of amides is 1. The number of hydrogen-bond acceptors (Lipinski definition) is 5. The van der Waals surface area contributed by atoms with Crippen molar-refractivity contribution < 1.29 is 9.53 Å². The quantitative estimate of drug-likeness (QED) is 0.809. The van der Waals surface area contributed by atoms with Crippen LogP contribution in [0.15, 0.2) is 30.7 Å². The van der Waals surface area contributed by atoms with E-state index in [1.54, 1.807) is 24.7 Å². The van der Waals surface area contributed by atoms with Crippen LogP contribution in [0.3, 0.4) is 0 Å². The number of nitrogens with zero attached hydrogens (tertiary/aromatic N) is 4. The first-order chi connectivity index (χ1) is 7.79. The lowest BCUT2D eigenvalue weighted by molar-refractivity contribution is 0.187. The van der Waals surface area contributed by atoms with Gasteiger partial charge in [-0.05, 0) is 12.1 Å². The molecule has 82 valence electrons. The fourth-order valence-electron chi connectivity index (χ4n) is 1.09. The summed E-state index contributed by atoms with van der Waals surface area (Å²) in [6.45, 7) is 0. The molecule has 0 fully saturated rings. The number of carbonyl (C=O) groups excluding carboxylic acids is 1. The van der Waals surface area contributed by atoms with Crippen molar-refractivity contribution in [3.8, 4) is 5.69 Å². The predicted molar refractivity (Wildman–Crippen MR) is 55.2 cm³/mol. The van der Waals surface area contributed by atoms with Gasteiger partial charge in [0.2, 0.25) is 0 Å². The summed E-state index contributed by atoms with van der Waals surface area (Å²) < 4.78 is 5.93. The Bertz CT molecular complexity index is 482. The molecule has 1 amide bonds. The van der Waals surface area contributed by atoms with Gasteiger partial charge < -0.3 is 4.74 Å². The number of anilines is 1. The largest absolute Gasteiger partial charge is 0.453 e. The predicted octanol–water partition coefficient (Wildman–Crippen LogP) is 0.841. The Balaban J connectivity index is 2.17. The van der Waals surface area contributed by atoms with Crippen LogP contribution in [0.1, 0.15) is 0 Å². The first-order valence-corrected chi connectivity index (χ1v) is 4.47. The minimum absolute atomic E-state index is 0.315. The van der Waals surface area contributed by atoms with Crippen LogP contribution in [0, 0.1) is 0 Å². The van der Waals surface area contributed by atoms with Crippen LogP contribution >= 0.6 is 0 Å². The van der Waals surface area contributed by atoms with Crippen molar-refractivity contribution in [2.45, 2.75) is 0 Å². The lowest BCUT2D eigenvalue weighted by Gasteiger charge is -1.97. The molecule has 0 unspecified atom stereocenters. The second kappa shape index (κ2) is 4.39. The number of hydrogen-bond donors (Lipinski definition) is 1.